The highest BCUT2D eigenvalue weighted by molar-refractivity contribution is 5.93. The average Bonchev–Trinajstić information content (AvgIpc) is 3.17. The molecule has 1 fully saturated rings. The van der Waals surface area contributed by atoms with Gasteiger partial charge in [-0.3, -0.25) is 4.79 Å². The summed E-state index contributed by atoms with van der Waals surface area (Å²) in [6, 6.07) is 11.9. The van der Waals surface area contributed by atoms with Gasteiger partial charge in [0.1, 0.15) is 11.5 Å². The average molecular weight is 493 g/mol. The Balaban J connectivity index is 0.000000429. The summed E-state index contributed by atoms with van der Waals surface area (Å²) in [7, 11) is 0. The van der Waals surface area contributed by atoms with E-state index in [-0.39, 0.29) is 0 Å². The van der Waals surface area contributed by atoms with Gasteiger partial charge < -0.3 is 20.9 Å². The van der Waals surface area contributed by atoms with Crippen LogP contribution in [-0.2, 0) is 24.2 Å². The molecule has 0 aromatic heterocycles. The molecular formula is C26H31F3N2O4. The number of halogens is 3. The molecule has 190 valence electrons. The lowest BCUT2D eigenvalue weighted by Gasteiger charge is -2.15. The van der Waals surface area contributed by atoms with Crippen molar-refractivity contribution in [3.8, 4) is 11.5 Å². The number of hydrogen-bond acceptors (Lipinski definition) is 4. The van der Waals surface area contributed by atoms with E-state index in [1.807, 2.05) is 12.1 Å². The van der Waals surface area contributed by atoms with E-state index in [2.05, 4.69) is 23.5 Å². The lowest BCUT2D eigenvalue weighted by atomic mass is 10.00. The van der Waals surface area contributed by atoms with Crippen molar-refractivity contribution in [1.29, 1.82) is 0 Å². The number of nitrogens with two attached hydrogens (primary N) is 1. The molecule has 1 amide bonds. The summed E-state index contributed by atoms with van der Waals surface area (Å²) in [6.45, 7) is 2.03. The van der Waals surface area contributed by atoms with E-state index >= 15 is 0 Å². The molecule has 1 aliphatic carbocycles. The lowest BCUT2D eigenvalue weighted by molar-refractivity contribution is -0.192. The molecule has 9 heteroatoms. The number of amides is 1. The number of carboxylic acids is 1. The number of hydrogen-bond donors (Lipinski definition) is 3. The van der Waals surface area contributed by atoms with E-state index in [4.69, 9.17) is 20.4 Å². The molecule has 0 spiro atoms. The number of carbonyl (C=O) groups is 2. The molecule has 1 heterocycles. The first-order valence-corrected chi connectivity index (χ1v) is 11.9. The number of primary amides is 1. The van der Waals surface area contributed by atoms with E-state index < -0.39 is 18.1 Å². The summed E-state index contributed by atoms with van der Waals surface area (Å²) in [6.07, 6.45) is 5.01. The Morgan fingerprint density at radius 3 is 2.11 bits per heavy atom. The summed E-state index contributed by atoms with van der Waals surface area (Å²) in [4.78, 5) is 20.3. The summed E-state index contributed by atoms with van der Waals surface area (Å²) in [5, 5.41) is 10.8. The number of carboxylic acid groups (broad SMARTS) is 1. The second kappa shape index (κ2) is 12.1. The molecule has 1 aliphatic heterocycles. The van der Waals surface area contributed by atoms with Crippen molar-refractivity contribution in [3.05, 3.63) is 58.7 Å². The molecule has 4 rings (SSSR count). The predicted octanol–water partition coefficient (Wildman–Crippen LogP) is 5.37. The number of alkyl halides is 3. The van der Waals surface area contributed by atoms with Gasteiger partial charge >= 0.3 is 12.1 Å². The molecule has 2 aliphatic rings. The molecule has 0 bridgehead atoms. The van der Waals surface area contributed by atoms with Crippen LogP contribution in [0.2, 0.25) is 0 Å². The fraction of sp³-hybridized carbons (Fsp3) is 0.462. The Labute approximate surface area is 202 Å². The van der Waals surface area contributed by atoms with Crippen molar-refractivity contribution < 1.29 is 32.6 Å². The van der Waals surface area contributed by atoms with Crippen LogP contribution >= 0.6 is 0 Å². The standard InChI is InChI=1S/C24H30N2O2.C2HF3O2/c25-24(27)21-10-12-23-20(14-21)9-8-19-13-18(7-11-22(19)28-23)16-26-15-17-5-3-1-2-4-6-17;3-2(4,5)1(6)7/h7,10-14,17,26H,1-6,8-9,15-16H2,(H2,25,27);(H,6,7). The maximum Gasteiger partial charge on any atom is 0.490 e. The summed E-state index contributed by atoms with van der Waals surface area (Å²) >= 11 is 0. The van der Waals surface area contributed by atoms with Gasteiger partial charge in [-0.1, -0.05) is 37.8 Å². The number of ether oxygens (including phenoxy) is 1. The normalized spacial score (nSPS) is 15.9. The number of benzene rings is 2. The van der Waals surface area contributed by atoms with E-state index in [0.717, 1.165) is 48.9 Å². The molecule has 0 unspecified atom stereocenters. The number of nitrogens with one attached hydrogen (secondary N) is 1. The van der Waals surface area contributed by atoms with Crippen LogP contribution in [0.1, 0.15) is 65.6 Å². The third kappa shape index (κ3) is 7.99. The summed E-state index contributed by atoms with van der Waals surface area (Å²) < 4.78 is 37.9. The van der Waals surface area contributed by atoms with Crippen LogP contribution in [0, 0.1) is 5.92 Å². The largest absolute Gasteiger partial charge is 0.490 e. The van der Waals surface area contributed by atoms with Crippen molar-refractivity contribution in [1.82, 2.24) is 5.32 Å². The van der Waals surface area contributed by atoms with E-state index in [0.29, 0.717) is 5.56 Å². The van der Waals surface area contributed by atoms with Gasteiger partial charge in [0, 0.05) is 12.1 Å². The van der Waals surface area contributed by atoms with Crippen molar-refractivity contribution in [2.75, 3.05) is 6.54 Å². The Bertz CT molecular complexity index is 1030. The summed E-state index contributed by atoms with van der Waals surface area (Å²) in [5.74, 6) is -0.583. The zero-order chi connectivity index (χ0) is 25.4. The fourth-order valence-electron chi connectivity index (χ4n) is 4.44. The van der Waals surface area contributed by atoms with E-state index in [1.165, 1.54) is 49.7 Å². The molecule has 35 heavy (non-hydrogen) atoms. The molecule has 1 saturated carbocycles. The lowest BCUT2D eigenvalue weighted by Crippen LogP contribution is -2.22. The Kier molecular flexibility index (Phi) is 9.14. The first kappa shape index (κ1) is 26.5. The minimum Gasteiger partial charge on any atom is -0.475 e. The van der Waals surface area contributed by atoms with Crippen LogP contribution in [-0.4, -0.2) is 29.7 Å². The van der Waals surface area contributed by atoms with E-state index in [1.54, 1.807) is 6.07 Å². The Morgan fingerprint density at radius 2 is 1.54 bits per heavy atom. The Morgan fingerprint density at radius 1 is 0.971 bits per heavy atom. The number of aliphatic carboxylic acids is 1. The molecule has 0 saturated heterocycles. The van der Waals surface area contributed by atoms with Crippen LogP contribution in [0.3, 0.4) is 0 Å². The number of fused-ring (bicyclic) bond motifs is 2. The first-order chi connectivity index (χ1) is 16.6. The molecular weight excluding hydrogens is 461 g/mol. The Hall–Kier alpha value is -3.07. The maximum absolute atomic E-state index is 11.4. The monoisotopic (exact) mass is 492 g/mol. The topological polar surface area (TPSA) is 102 Å². The highest BCUT2D eigenvalue weighted by atomic mass is 19.4. The van der Waals surface area contributed by atoms with Gasteiger partial charge in [0.15, 0.2) is 0 Å². The number of aryl methyl sites for hydroxylation is 2. The SMILES string of the molecule is NC(=O)c1ccc2c(c1)CCc1cc(CNCC3CCCCCC3)ccc1O2.O=C(O)C(F)(F)F. The first-order valence-electron chi connectivity index (χ1n) is 11.9. The van der Waals surface area contributed by atoms with Gasteiger partial charge in [0.05, 0.1) is 0 Å². The van der Waals surface area contributed by atoms with Gasteiger partial charge in [0.25, 0.3) is 0 Å². The van der Waals surface area contributed by atoms with Gasteiger partial charge in [-0.05, 0) is 79.1 Å². The molecule has 2 aromatic carbocycles. The minimum absolute atomic E-state index is 0.397. The van der Waals surface area contributed by atoms with Crippen LogP contribution in [0.5, 0.6) is 11.5 Å². The second-order valence-corrected chi connectivity index (χ2v) is 9.02. The molecule has 0 radical (unpaired) electrons. The highest BCUT2D eigenvalue weighted by Crippen LogP contribution is 2.34. The van der Waals surface area contributed by atoms with Crippen LogP contribution in [0.25, 0.3) is 0 Å². The molecule has 6 nitrogen and oxygen atoms in total. The third-order valence-electron chi connectivity index (χ3n) is 6.33. The van der Waals surface area contributed by atoms with Crippen LogP contribution < -0.4 is 15.8 Å². The highest BCUT2D eigenvalue weighted by Gasteiger charge is 2.38. The van der Waals surface area contributed by atoms with E-state index in [9.17, 15) is 18.0 Å². The number of carbonyl (C=O) groups excluding carboxylic acids is 1. The van der Waals surface area contributed by atoms with Gasteiger partial charge in [-0.15, -0.1) is 0 Å². The fourth-order valence-corrected chi connectivity index (χ4v) is 4.44. The van der Waals surface area contributed by atoms with Crippen LogP contribution in [0.15, 0.2) is 36.4 Å². The van der Waals surface area contributed by atoms with Crippen molar-refractivity contribution in [2.45, 2.75) is 64.1 Å². The second-order valence-electron chi connectivity index (χ2n) is 9.02. The van der Waals surface area contributed by atoms with Crippen LogP contribution in [0.4, 0.5) is 13.2 Å². The van der Waals surface area contributed by atoms with Crippen molar-refractivity contribution in [2.24, 2.45) is 11.7 Å². The predicted molar refractivity (Wildman–Crippen MR) is 125 cm³/mol. The molecule has 2 aromatic rings. The van der Waals surface area contributed by atoms with Gasteiger partial charge in [0.2, 0.25) is 5.91 Å². The zero-order valence-electron chi connectivity index (χ0n) is 19.5. The smallest absolute Gasteiger partial charge is 0.475 e. The number of rotatable bonds is 5. The minimum atomic E-state index is -5.08. The maximum atomic E-state index is 11.4. The van der Waals surface area contributed by atoms with Crippen molar-refractivity contribution >= 4 is 11.9 Å². The van der Waals surface area contributed by atoms with Gasteiger partial charge in [-0.2, -0.15) is 13.2 Å². The third-order valence-corrected chi connectivity index (χ3v) is 6.33. The van der Waals surface area contributed by atoms with Crippen molar-refractivity contribution in [3.63, 3.8) is 0 Å². The molecule has 0 atom stereocenters. The van der Waals surface area contributed by atoms with Gasteiger partial charge in [-0.25, -0.2) is 4.79 Å². The molecule has 4 N–H and O–H groups in total. The summed E-state index contributed by atoms with van der Waals surface area (Å²) in [5.41, 5.74) is 9.53. The zero-order valence-corrected chi connectivity index (χ0v) is 19.5. The quantitative estimate of drug-likeness (QED) is 0.487.